The van der Waals surface area contributed by atoms with Crippen molar-refractivity contribution in [3.05, 3.63) is 59.4 Å². The molecule has 3 nitrogen and oxygen atoms in total. The molecule has 0 saturated carbocycles. The zero-order chi connectivity index (χ0) is 13.2. The number of anilines is 1. The molecule has 1 aliphatic carbocycles. The van der Waals surface area contributed by atoms with Crippen LogP contribution in [0, 0.1) is 0 Å². The fourth-order valence-electron chi connectivity index (χ4n) is 2.71. The molecule has 3 rings (SSSR count). The van der Waals surface area contributed by atoms with Crippen LogP contribution in [-0.4, -0.2) is 10.8 Å². The van der Waals surface area contributed by atoms with Gasteiger partial charge in [-0.3, -0.25) is 9.78 Å². The number of hydrogen-bond acceptors (Lipinski definition) is 3. The normalized spacial score (nSPS) is 17.8. The summed E-state index contributed by atoms with van der Waals surface area (Å²) in [6, 6.07) is 11.2. The summed E-state index contributed by atoms with van der Waals surface area (Å²) in [7, 11) is 0. The number of aryl methyl sites for hydroxylation is 1. The Labute approximate surface area is 112 Å². The van der Waals surface area contributed by atoms with Crippen molar-refractivity contribution in [3.8, 4) is 0 Å². The average molecular weight is 252 g/mol. The number of benzene rings is 1. The standard InChI is InChI=1S/C16H16N2O/c17-13-8-6-12(7-9-13)16(19)14-5-1-3-11-4-2-10-18-15(11)14/h2,4,6-10,14H,1,3,5,17H2. The highest BCUT2D eigenvalue weighted by Crippen LogP contribution is 2.32. The number of rotatable bonds is 2. The average Bonchev–Trinajstić information content (AvgIpc) is 2.47. The minimum atomic E-state index is -0.103. The molecule has 3 heteroatoms. The Morgan fingerprint density at radius 1 is 1.21 bits per heavy atom. The smallest absolute Gasteiger partial charge is 0.171 e. The molecule has 1 heterocycles. The van der Waals surface area contributed by atoms with E-state index in [0.29, 0.717) is 5.69 Å². The molecule has 1 unspecified atom stereocenters. The Kier molecular flexibility index (Phi) is 3.03. The second-order valence-corrected chi connectivity index (χ2v) is 4.98. The summed E-state index contributed by atoms with van der Waals surface area (Å²) in [6.45, 7) is 0. The number of carbonyl (C=O) groups excluding carboxylic acids is 1. The second kappa shape index (κ2) is 4.84. The van der Waals surface area contributed by atoms with Crippen LogP contribution in [0.15, 0.2) is 42.6 Å². The number of nitrogens with two attached hydrogens (primary N) is 1. The predicted molar refractivity (Wildman–Crippen MR) is 75.1 cm³/mol. The fourth-order valence-corrected chi connectivity index (χ4v) is 2.71. The topological polar surface area (TPSA) is 56.0 Å². The molecule has 2 aromatic rings. The lowest BCUT2D eigenvalue weighted by Crippen LogP contribution is -2.20. The van der Waals surface area contributed by atoms with Gasteiger partial charge in [-0.05, 0) is 55.2 Å². The molecule has 0 amide bonds. The van der Waals surface area contributed by atoms with Gasteiger partial charge in [0.15, 0.2) is 5.78 Å². The van der Waals surface area contributed by atoms with Gasteiger partial charge in [0.2, 0.25) is 0 Å². The van der Waals surface area contributed by atoms with E-state index in [9.17, 15) is 4.79 Å². The molecule has 0 spiro atoms. The van der Waals surface area contributed by atoms with E-state index in [2.05, 4.69) is 11.1 Å². The third-order valence-electron chi connectivity index (χ3n) is 3.71. The molecule has 1 atom stereocenters. The van der Waals surface area contributed by atoms with Crippen LogP contribution in [-0.2, 0) is 6.42 Å². The van der Waals surface area contributed by atoms with Crippen LogP contribution in [0.2, 0.25) is 0 Å². The fraction of sp³-hybridized carbons (Fsp3) is 0.250. The number of carbonyl (C=O) groups is 1. The molecule has 0 bridgehead atoms. The van der Waals surface area contributed by atoms with E-state index in [1.807, 2.05) is 6.07 Å². The van der Waals surface area contributed by atoms with Crippen molar-refractivity contribution in [2.24, 2.45) is 0 Å². The van der Waals surface area contributed by atoms with Crippen LogP contribution in [0.4, 0.5) is 5.69 Å². The maximum Gasteiger partial charge on any atom is 0.171 e. The van der Waals surface area contributed by atoms with Gasteiger partial charge in [-0.15, -0.1) is 0 Å². The summed E-state index contributed by atoms with van der Waals surface area (Å²) in [5.74, 6) is 0.0493. The van der Waals surface area contributed by atoms with Gasteiger partial charge in [-0.2, -0.15) is 0 Å². The molecular formula is C16H16N2O. The molecular weight excluding hydrogens is 236 g/mol. The Balaban J connectivity index is 1.95. The SMILES string of the molecule is Nc1ccc(C(=O)C2CCCc3cccnc32)cc1. The summed E-state index contributed by atoms with van der Waals surface area (Å²) in [5.41, 5.74) is 9.22. The minimum Gasteiger partial charge on any atom is -0.399 e. The van der Waals surface area contributed by atoms with Gasteiger partial charge in [0.1, 0.15) is 0 Å². The monoisotopic (exact) mass is 252 g/mol. The largest absolute Gasteiger partial charge is 0.399 e. The quantitative estimate of drug-likeness (QED) is 0.660. The number of nitrogens with zero attached hydrogens (tertiary/aromatic N) is 1. The van der Waals surface area contributed by atoms with Crippen molar-refractivity contribution in [2.45, 2.75) is 25.2 Å². The maximum absolute atomic E-state index is 12.6. The van der Waals surface area contributed by atoms with Crippen LogP contribution in [0.1, 0.15) is 40.4 Å². The summed E-state index contributed by atoms with van der Waals surface area (Å²) < 4.78 is 0. The first-order valence-electron chi connectivity index (χ1n) is 6.59. The number of pyridine rings is 1. The van der Waals surface area contributed by atoms with Crippen molar-refractivity contribution in [2.75, 3.05) is 5.73 Å². The Morgan fingerprint density at radius 2 is 2.00 bits per heavy atom. The molecule has 96 valence electrons. The van der Waals surface area contributed by atoms with Crippen molar-refractivity contribution >= 4 is 11.5 Å². The summed E-state index contributed by atoms with van der Waals surface area (Å²) >= 11 is 0. The van der Waals surface area contributed by atoms with Crippen LogP contribution in [0.3, 0.4) is 0 Å². The van der Waals surface area contributed by atoms with E-state index in [4.69, 9.17) is 5.73 Å². The highest BCUT2D eigenvalue weighted by Gasteiger charge is 2.28. The van der Waals surface area contributed by atoms with E-state index in [1.54, 1.807) is 30.5 Å². The van der Waals surface area contributed by atoms with Gasteiger partial charge >= 0.3 is 0 Å². The third kappa shape index (κ3) is 2.24. The Morgan fingerprint density at radius 3 is 2.79 bits per heavy atom. The van der Waals surface area contributed by atoms with E-state index < -0.39 is 0 Å². The van der Waals surface area contributed by atoms with Gasteiger partial charge in [-0.1, -0.05) is 6.07 Å². The van der Waals surface area contributed by atoms with Gasteiger partial charge in [0.25, 0.3) is 0 Å². The Bertz CT molecular complexity index is 604. The zero-order valence-electron chi connectivity index (χ0n) is 10.7. The van der Waals surface area contributed by atoms with Crippen molar-refractivity contribution < 1.29 is 4.79 Å². The van der Waals surface area contributed by atoms with Crippen molar-refractivity contribution in [1.29, 1.82) is 0 Å². The predicted octanol–water partition coefficient (Wildman–Crippen LogP) is 2.97. The number of fused-ring (bicyclic) bond motifs is 1. The lowest BCUT2D eigenvalue weighted by Gasteiger charge is -2.23. The Hall–Kier alpha value is -2.16. The number of hydrogen-bond donors (Lipinski definition) is 1. The molecule has 1 aliphatic rings. The lowest BCUT2D eigenvalue weighted by atomic mass is 9.82. The zero-order valence-corrected chi connectivity index (χ0v) is 10.7. The van der Waals surface area contributed by atoms with E-state index in [-0.39, 0.29) is 11.7 Å². The highest BCUT2D eigenvalue weighted by molar-refractivity contribution is 6.01. The summed E-state index contributed by atoms with van der Waals surface area (Å²) in [6.07, 6.45) is 4.72. The molecule has 1 aromatic carbocycles. The summed E-state index contributed by atoms with van der Waals surface area (Å²) in [4.78, 5) is 17.0. The van der Waals surface area contributed by atoms with E-state index in [0.717, 1.165) is 30.5 Å². The minimum absolute atomic E-state index is 0.103. The molecule has 0 aliphatic heterocycles. The maximum atomic E-state index is 12.6. The molecule has 0 saturated heterocycles. The first-order valence-corrected chi connectivity index (χ1v) is 6.59. The first kappa shape index (κ1) is 11.9. The first-order chi connectivity index (χ1) is 9.25. The number of aromatic nitrogens is 1. The molecule has 1 aromatic heterocycles. The number of nitrogen functional groups attached to an aromatic ring is 1. The molecule has 2 N–H and O–H groups in total. The van der Waals surface area contributed by atoms with Crippen LogP contribution < -0.4 is 5.73 Å². The van der Waals surface area contributed by atoms with Gasteiger partial charge < -0.3 is 5.73 Å². The third-order valence-corrected chi connectivity index (χ3v) is 3.71. The van der Waals surface area contributed by atoms with Crippen molar-refractivity contribution in [1.82, 2.24) is 4.98 Å². The lowest BCUT2D eigenvalue weighted by molar-refractivity contribution is 0.0949. The van der Waals surface area contributed by atoms with Crippen molar-refractivity contribution in [3.63, 3.8) is 0 Å². The van der Waals surface area contributed by atoms with Gasteiger partial charge in [0.05, 0.1) is 11.6 Å². The second-order valence-electron chi connectivity index (χ2n) is 4.98. The highest BCUT2D eigenvalue weighted by atomic mass is 16.1. The number of ketones is 1. The van der Waals surface area contributed by atoms with E-state index >= 15 is 0 Å². The van der Waals surface area contributed by atoms with Crippen LogP contribution in [0.5, 0.6) is 0 Å². The van der Waals surface area contributed by atoms with Crippen LogP contribution in [0.25, 0.3) is 0 Å². The van der Waals surface area contributed by atoms with E-state index in [1.165, 1.54) is 5.56 Å². The molecule has 19 heavy (non-hydrogen) atoms. The van der Waals surface area contributed by atoms with Crippen LogP contribution >= 0.6 is 0 Å². The van der Waals surface area contributed by atoms with Gasteiger partial charge in [-0.25, -0.2) is 0 Å². The summed E-state index contributed by atoms with van der Waals surface area (Å²) in [5, 5.41) is 0. The molecule has 0 fully saturated rings. The number of Topliss-reactive ketones (excluding diaryl/α,β-unsaturated/α-hetero) is 1. The van der Waals surface area contributed by atoms with Gasteiger partial charge in [0, 0.05) is 17.4 Å². The molecule has 0 radical (unpaired) electrons.